The molecule has 4 rings (SSSR count). The molecule has 0 N–H and O–H groups in total. The van der Waals surface area contributed by atoms with E-state index in [2.05, 4.69) is 150 Å². The van der Waals surface area contributed by atoms with Gasteiger partial charge in [-0.3, -0.25) is 0 Å². The molecular formula is C30H28Br2. The number of benzene rings is 4. The molecule has 0 radical (unpaired) electrons. The van der Waals surface area contributed by atoms with Crippen LogP contribution in [0.2, 0.25) is 0 Å². The Labute approximate surface area is 209 Å². The van der Waals surface area contributed by atoms with Gasteiger partial charge in [-0.1, -0.05) is 125 Å². The minimum atomic E-state index is -0.0370. The Balaban J connectivity index is 1.67. The summed E-state index contributed by atoms with van der Waals surface area (Å²) in [6.45, 7) is 7.01. The molecule has 0 saturated carbocycles. The van der Waals surface area contributed by atoms with Crippen molar-refractivity contribution in [1.29, 1.82) is 0 Å². The smallest absolute Gasteiger partial charge is 0.0177 e. The minimum absolute atomic E-state index is 0.0370. The van der Waals surface area contributed by atoms with Crippen LogP contribution in [0.15, 0.2) is 106 Å². The van der Waals surface area contributed by atoms with Crippen LogP contribution < -0.4 is 0 Å². The SMILES string of the molecule is CC(C)CC(C)(c1ccc(-c2ccc(Br)cc2)cc1)c1ccc(-c2ccc(Br)cc2)cc1. The van der Waals surface area contributed by atoms with Crippen molar-refractivity contribution in [2.75, 3.05) is 0 Å². The normalized spacial score (nSPS) is 11.7. The molecule has 0 unspecified atom stereocenters. The Kier molecular flexibility index (Phi) is 7.02. The summed E-state index contributed by atoms with van der Waals surface area (Å²) in [6.07, 6.45) is 1.10. The molecule has 0 aromatic heterocycles. The fourth-order valence-electron chi connectivity index (χ4n) is 4.56. The molecule has 0 aliphatic heterocycles. The molecule has 0 aliphatic carbocycles. The maximum atomic E-state index is 3.53. The highest BCUT2D eigenvalue weighted by Gasteiger charge is 2.30. The van der Waals surface area contributed by atoms with Crippen LogP contribution in [-0.2, 0) is 5.41 Å². The molecule has 162 valence electrons. The predicted molar refractivity (Wildman–Crippen MR) is 145 cm³/mol. The van der Waals surface area contributed by atoms with Gasteiger partial charge < -0.3 is 0 Å². The molecule has 0 fully saturated rings. The number of hydrogen-bond donors (Lipinski definition) is 0. The minimum Gasteiger partial charge on any atom is -0.0627 e. The van der Waals surface area contributed by atoms with Crippen LogP contribution in [0.1, 0.15) is 38.3 Å². The summed E-state index contributed by atoms with van der Waals surface area (Å²) in [5.41, 5.74) is 7.67. The molecule has 0 aliphatic rings. The molecular weight excluding hydrogens is 520 g/mol. The first-order chi connectivity index (χ1) is 15.3. The molecule has 4 aromatic carbocycles. The van der Waals surface area contributed by atoms with Crippen molar-refractivity contribution >= 4 is 31.9 Å². The molecule has 0 bridgehead atoms. The molecule has 2 heteroatoms. The zero-order valence-corrected chi connectivity index (χ0v) is 21.9. The van der Waals surface area contributed by atoms with Crippen molar-refractivity contribution in [3.05, 3.63) is 117 Å². The largest absolute Gasteiger partial charge is 0.0627 e. The Morgan fingerprint density at radius 3 is 1.09 bits per heavy atom. The van der Waals surface area contributed by atoms with Crippen LogP contribution in [0, 0.1) is 5.92 Å². The summed E-state index contributed by atoms with van der Waals surface area (Å²) >= 11 is 7.05. The number of halogens is 2. The average Bonchev–Trinajstić information content (AvgIpc) is 2.80. The molecule has 4 aromatic rings. The predicted octanol–water partition coefficient (Wildman–Crippen LogP) is 9.90. The van der Waals surface area contributed by atoms with E-state index in [1.54, 1.807) is 0 Å². The highest BCUT2D eigenvalue weighted by molar-refractivity contribution is 9.10. The number of rotatable bonds is 6. The lowest BCUT2D eigenvalue weighted by atomic mass is 9.70. The van der Waals surface area contributed by atoms with E-state index >= 15 is 0 Å². The zero-order chi connectivity index (χ0) is 22.7. The summed E-state index contributed by atoms with van der Waals surface area (Å²) < 4.78 is 2.21. The maximum Gasteiger partial charge on any atom is 0.0177 e. The van der Waals surface area contributed by atoms with Crippen LogP contribution in [0.25, 0.3) is 22.3 Å². The van der Waals surface area contributed by atoms with Crippen LogP contribution in [0.5, 0.6) is 0 Å². The molecule has 0 heterocycles. The van der Waals surface area contributed by atoms with E-state index < -0.39 is 0 Å². The molecule has 0 saturated heterocycles. The van der Waals surface area contributed by atoms with Crippen LogP contribution >= 0.6 is 31.9 Å². The van der Waals surface area contributed by atoms with Crippen molar-refractivity contribution in [3.63, 3.8) is 0 Å². The average molecular weight is 548 g/mol. The van der Waals surface area contributed by atoms with Gasteiger partial charge in [-0.05, 0) is 70.0 Å². The van der Waals surface area contributed by atoms with Gasteiger partial charge in [0.2, 0.25) is 0 Å². The van der Waals surface area contributed by atoms with Gasteiger partial charge in [-0.2, -0.15) is 0 Å². The van der Waals surface area contributed by atoms with Crippen LogP contribution in [0.3, 0.4) is 0 Å². The fraction of sp³-hybridized carbons (Fsp3) is 0.200. The van der Waals surface area contributed by atoms with Crippen LogP contribution in [0.4, 0.5) is 0 Å². The second kappa shape index (κ2) is 9.77. The quantitative estimate of drug-likeness (QED) is 0.225. The molecule has 0 nitrogen and oxygen atoms in total. The van der Waals surface area contributed by atoms with Crippen molar-refractivity contribution in [2.45, 2.75) is 32.6 Å². The summed E-state index contributed by atoms with van der Waals surface area (Å²) in [5, 5.41) is 0. The number of hydrogen-bond acceptors (Lipinski definition) is 0. The van der Waals surface area contributed by atoms with Crippen molar-refractivity contribution in [2.24, 2.45) is 5.92 Å². The van der Waals surface area contributed by atoms with E-state index in [0.29, 0.717) is 5.92 Å². The third kappa shape index (κ3) is 5.08. The van der Waals surface area contributed by atoms with E-state index in [1.165, 1.54) is 33.4 Å². The van der Waals surface area contributed by atoms with E-state index in [-0.39, 0.29) is 5.41 Å². The van der Waals surface area contributed by atoms with E-state index in [4.69, 9.17) is 0 Å². The Hall–Kier alpha value is -2.16. The lowest BCUT2D eigenvalue weighted by Crippen LogP contribution is -2.25. The second-order valence-electron chi connectivity index (χ2n) is 9.10. The Morgan fingerprint density at radius 2 is 0.812 bits per heavy atom. The highest BCUT2D eigenvalue weighted by Crippen LogP contribution is 2.39. The maximum absolute atomic E-state index is 3.53. The van der Waals surface area contributed by atoms with Gasteiger partial charge >= 0.3 is 0 Å². The topological polar surface area (TPSA) is 0 Å². The van der Waals surface area contributed by atoms with E-state index in [9.17, 15) is 0 Å². The standard InChI is InChI=1S/C30H28Br2/c1-21(2)20-30(3,26-12-4-22(5-13-26)24-8-16-28(31)17-9-24)27-14-6-23(7-15-27)25-10-18-29(32)19-11-25/h4-19,21H,20H2,1-3H3. The second-order valence-corrected chi connectivity index (χ2v) is 10.9. The van der Waals surface area contributed by atoms with E-state index in [1.807, 2.05) is 0 Å². The van der Waals surface area contributed by atoms with Crippen molar-refractivity contribution in [1.82, 2.24) is 0 Å². The van der Waals surface area contributed by atoms with Crippen molar-refractivity contribution in [3.8, 4) is 22.3 Å². The van der Waals surface area contributed by atoms with Gasteiger partial charge in [0, 0.05) is 14.4 Å². The Bertz CT molecular complexity index is 1060. The highest BCUT2D eigenvalue weighted by atomic mass is 79.9. The molecule has 0 amide bonds. The van der Waals surface area contributed by atoms with Gasteiger partial charge in [0.15, 0.2) is 0 Å². The summed E-state index contributed by atoms with van der Waals surface area (Å²) in [4.78, 5) is 0. The van der Waals surface area contributed by atoms with Crippen LogP contribution in [-0.4, -0.2) is 0 Å². The third-order valence-electron chi connectivity index (χ3n) is 6.22. The summed E-state index contributed by atoms with van der Waals surface area (Å²) in [6, 6.07) is 35.3. The summed E-state index contributed by atoms with van der Waals surface area (Å²) in [7, 11) is 0. The zero-order valence-electron chi connectivity index (χ0n) is 18.8. The molecule has 32 heavy (non-hydrogen) atoms. The summed E-state index contributed by atoms with van der Waals surface area (Å²) in [5.74, 6) is 0.595. The van der Waals surface area contributed by atoms with Crippen molar-refractivity contribution < 1.29 is 0 Å². The first-order valence-corrected chi connectivity index (χ1v) is 12.7. The first-order valence-electron chi connectivity index (χ1n) is 11.1. The van der Waals surface area contributed by atoms with Gasteiger partial charge in [0.05, 0.1) is 0 Å². The first kappa shape index (κ1) is 23.0. The van der Waals surface area contributed by atoms with Gasteiger partial charge in [-0.25, -0.2) is 0 Å². The Morgan fingerprint density at radius 1 is 0.531 bits per heavy atom. The van der Waals surface area contributed by atoms with Gasteiger partial charge in [0.1, 0.15) is 0 Å². The lowest BCUT2D eigenvalue weighted by Gasteiger charge is -2.33. The van der Waals surface area contributed by atoms with Gasteiger partial charge in [0.25, 0.3) is 0 Å². The third-order valence-corrected chi connectivity index (χ3v) is 7.27. The van der Waals surface area contributed by atoms with Gasteiger partial charge in [-0.15, -0.1) is 0 Å². The lowest BCUT2D eigenvalue weighted by molar-refractivity contribution is 0.427. The van der Waals surface area contributed by atoms with E-state index in [0.717, 1.165) is 15.4 Å². The fourth-order valence-corrected chi connectivity index (χ4v) is 5.09. The monoisotopic (exact) mass is 546 g/mol. The molecule has 0 atom stereocenters. The molecule has 0 spiro atoms.